The maximum absolute atomic E-state index is 13.3. The summed E-state index contributed by atoms with van der Waals surface area (Å²) in [5, 5.41) is 17.7. The number of aromatic nitrogens is 3. The van der Waals surface area contributed by atoms with Crippen LogP contribution in [-0.4, -0.2) is 44.0 Å². The Morgan fingerprint density at radius 3 is 2.07 bits per heavy atom. The van der Waals surface area contributed by atoms with Gasteiger partial charge in [-0.3, -0.25) is 4.79 Å². The summed E-state index contributed by atoms with van der Waals surface area (Å²) in [7, 11) is 0. The molecule has 1 aliphatic heterocycles. The first kappa shape index (κ1) is 17.4. The molecule has 6 heteroatoms. The molecule has 1 amide bonds. The fraction of sp³-hybridized carbons (Fsp3) is 0.286. The number of likely N-dealkylation sites (tertiary alicyclic amines) is 1. The van der Waals surface area contributed by atoms with Crippen LogP contribution < -0.4 is 0 Å². The monoisotopic (exact) mass is 362 g/mol. The van der Waals surface area contributed by atoms with Crippen molar-refractivity contribution in [2.45, 2.75) is 25.0 Å². The van der Waals surface area contributed by atoms with Gasteiger partial charge >= 0.3 is 0 Å². The molecule has 0 unspecified atom stereocenters. The largest absolute Gasteiger partial charge is 0.387 e. The lowest BCUT2D eigenvalue weighted by molar-refractivity contribution is -0.137. The Morgan fingerprint density at radius 2 is 1.59 bits per heavy atom. The molecule has 1 atom stereocenters. The van der Waals surface area contributed by atoms with Gasteiger partial charge < -0.3 is 10.0 Å². The van der Waals surface area contributed by atoms with Crippen LogP contribution in [-0.2, 0) is 4.79 Å². The quantitative estimate of drug-likeness (QED) is 0.757. The highest BCUT2D eigenvalue weighted by atomic mass is 16.3. The molecule has 6 nitrogen and oxygen atoms in total. The predicted octanol–water partition coefficient (Wildman–Crippen LogP) is 2.55. The fourth-order valence-electron chi connectivity index (χ4n) is 3.41. The van der Waals surface area contributed by atoms with Crippen LogP contribution in [0.4, 0.5) is 0 Å². The van der Waals surface area contributed by atoms with Crippen molar-refractivity contribution >= 4 is 5.91 Å². The van der Waals surface area contributed by atoms with Crippen LogP contribution in [0.1, 0.15) is 41.8 Å². The molecule has 1 N–H and O–H groups in total. The SMILES string of the molecule is C[C@H](O)c1cn(C2CN(C(=O)C(c3ccccc3)c3ccccc3)C2)nn1. The van der Waals surface area contributed by atoms with Gasteiger partial charge in [-0.15, -0.1) is 5.10 Å². The van der Waals surface area contributed by atoms with Gasteiger partial charge in [0.25, 0.3) is 0 Å². The van der Waals surface area contributed by atoms with Crippen molar-refractivity contribution in [3.8, 4) is 0 Å². The number of carbonyl (C=O) groups is 1. The van der Waals surface area contributed by atoms with Crippen LogP contribution in [0.5, 0.6) is 0 Å². The Balaban J connectivity index is 1.51. The maximum atomic E-state index is 13.3. The van der Waals surface area contributed by atoms with E-state index in [4.69, 9.17) is 0 Å². The fourth-order valence-corrected chi connectivity index (χ4v) is 3.41. The number of aliphatic hydroxyl groups excluding tert-OH is 1. The van der Waals surface area contributed by atoms with Gasteiger partial charge in [-0.25, -0.2) is 4.68 Å². The van der Waals surface area contributed by atoms with Crippen LogP contribution in [0.2, 0.25) is 0 Å². The number of amides is 1. The van der Waals surface area contributed by atoms with E-state index in [2.05, 4.69) is 10.3 Å². The minimum Gasteiger partial charge on any atom is -0.387 e. The first-order chi connectivity index (χ1) is 13.1. The molecule has 2 aromatic carbocycles. The second-order valence-electron chi connectivity index (χ2n) is 6.95. The van der Waals surface area contributed by atoms with E-state index in [1.165, 1.54) is 0 Å². The average molecular weight is 362 g/mol. The number of nitrogens with zero attached hydrogens (tertiary/aromatic N) is 4. The van der Waals surface area contributed by atoms with Gasteiger partial charge in [0.05, 0.1) is 24.3 Å². The van der Waals surface area contributed by atoms with Gasteiger partial charge in [-0.05, 0) is 18.1 Å². The van der Waals surface area contributed by atoms with Gasteiger partial charge in [-0.2, -0.15) is 0 Å². The van der Waals surface area contributed by atoms with Crippen molar-refractivity contribution in [2.75, 3.05) is 13.1 Å². The van der Waals surface area contributed by atoms with Crippen LogP contribution in [0.15, 0.2) is 66.9 Å². The highest BCUT2D eigenvalue weighted by Gasteiger charge is 2.37. The molecule has 3 aromatic rings. The zero-order chi connectivity index (χ0) is 18.8. The second kappa shape index (κ2) is 7.32. The van der Waals surface area contributed by atoms with Gasteiger partial charge in [0.1, 0.15) is 5.69 Å². The molecule has 27 heavy (non-hydrogen) atoms. The number of benzene rings is 2. The lowest BCUT2D eigenvalue weighted by Gasteiger charge is -2.40. The molecule has 0 radical (unpaired) electrons. The zero-order valence-electron chi connectivity index (χ0n) is 15.1. The zero-order valence-corrected chi connectivity index (χ0v) is 15.1. The van der Waals surface area contributed by atoms with Crippen molar-refractivity contribution in [3.05, 3.63) is 83.7 Å². The van der Waals surface area contributed by atoms with E-state index in [9.17, 15) is 9.90 Å². The van der Waals surface area contributed by atoms with Crippen molar-refractivity contribution in [1.82, 2.24) is 19.9 Å². The summed E-state index contributed by atoms with van der Waals surface area (Å²) in [6.07, 6.45) is 1.11. The molecular weight excluding hydrogens is 340 g/mol. The molecule has 2 heterocycles. The summed E-state index contributed by atoms with van der Waals surface area (Å²) >= 11 is 0. The molecule has 1 fully saturated rings. The third-order valence-corrected chi connectivity index (χ3v) is 5.02. The molecule has 1 saturated heterocycles. The lowest BCUT2D eigenvalue weighted by atomic mass is 9.89. The van der Waals surface area contributed by atoms with E-state index in [1.807, 2.05) is 65.6 Å². The number of hydrogen-bond acceptors (Lipinski definition) is 4. The minimum absolute atomic E-state index is 0.0968. The van der Waals surface area contributed by atoms with E-state index in [0.717, 1.165) is 11.1 Å². The van der Waals surface area contributed by atoms with E-state index in [1.54, 1.807) is 17.8 Å². The molecular formula is C21H22N4O2. The Bertz CT molecular complexity index is 863. The first-order valence-corrected chi connectivity index (χ1v) is 9.12. The van der Waals surface area contributed by atoms with Crippen molar-refractivity contribution in [2.24, 2.45) is 0 Å². The molecule has 138 valence electrons. The Morgan fingerprint density at radius 1 is 1.04 bits per heavy atom. The number of carbonyl (C=O) groups excluding carboxylic acids is 1. The molecule has 0 saturated carbocycles. The predicted molar refractivity (Wildman–Crippen MR) is 101 cm³/mol. The molecule has 0 spiro atoms. The average Bonchev–Trinajstić information content (AvgIpc) is 3.12. The summed E-state index contributed by atoms with van der Waals surface area (Å²) in [4.78, 5) is 15.1. The summed E-state index contributed by atoms with van der Waals surface area (Å²) in [5.74, 6) is -0.211. The third-order valence-electron chi connectivity index (χ3n) is 5.02. The molecule has 1 aromatic heterocycles. The van der Waals surface area contributed by atoms with E-state index >= 15 is 0 Å². The molecule has 4 rings (SSSR count). The standard InChI is InChI=1S/C21H22N4O2/c1-15(26)19-14-25(23-22-19)18-12-24(13-18)21(27)20(16-8-4-2-5-9-16)17-10-6-3-7-11-17/h2-11,14-15,18,20,26H,12-13H2,1H3/t15-/m0/s1. The van der Waals surface area contributed by atoms with E-state index in [-0.39, 0.29) is 17.9 Å². The molecule has 1 aliphatic rings. The second-order valence-corrected chi connectivity index (χ2v) is 6.95. The number of rotatable bonds is 5. The number of aliphatic hydroxyl groups is 1. The topological polar surface area (TPSA) is 71.2 Å². The molecule has 0 aliphatic carbocycles. The van der Waals surface area contributed by atoms with E-state index in [0.29, 0.717) is 18.8 Å². The van der Waals surface area contributed by atoms with Gasteiger partial charge in [0, 0.05) is 13.1 Å². The van der Waals surface area contributed by atoms with Gasteiger partial charge in [0.15, 0.2) is 0 Å². The van der Waals surface area contributed by atoms with Gasteiger partial charge in [0.2, 0.25) is 5.91 Å². The highest BCUT2D eigenvalue weighted by molar-refractivity contribution is 5.87. The van der Waals surface area contributed by atoms with Gasteiger partial charge in [-0.1, -0.05) is 65.9 Å². The maximum Gasteiger partial charge on any atom is 0.234 e. The van der Waals surface area contributed by atoms with Crippen LogP contribution in [0.3, 0.4) is 0 Å². The van der Waals surface area contributed by atoms with Crippen molar-refractivity contribution in [3.63, 3.8) is 0 Å². The lowest BCUT2D eigenvalue weighted by Crippen LogP contribution is -2.52. The highest BCUT2D eigenvalue weighted by Crippen LogP contribution is 2.31. The minimum atomic E-state index is -0.642. The molecule has 0 bridgehead atoms. The smallest absolute Gasteiger partial charge is 0.234 e. The summed E-state index contributed by atoms with van der Waals surface area (Å²) < 4.78 is 1.74. The Labute approximate surface area is 158 Å². The van der Waals surface area contributed by atoms with Crippen molar-refractivity contribution < 1.29 is 9.90 Å². The van der Waals surface area contributed by atoms with Crippen LogP contribution in [0.25, 0.3) is 0 Å². The first-order valence-electron chi connectivity index (χ1n) is 9.12. The Hall–Kier alpha value is -2.99. The normalized spacial score (nSPS) is 15.6. The number of hydrogen-bond donors (Lipinski definition) is 1. The summed E-state index contributed by atoms with van der Waals surface area (Å²) in [5.41, 5.74) is 2.54. The van der Waals surface area contributed by atoms with Crippen LogP contribution >= 0.6 is 0 Å². The third kappa shape index (κ3) is 3.48. The van der Waals surface area contributed by atoms with E-state index < -0.39 is 6.10 Å². The summed E-state index contributed by atoms with van der Waals surface area (Å²) in [6, 6.07) is 19.9. The van der Waals surface area contributed by atoms with Crippen molar-refractivity contribution in [1.29, 1.82) is 0 Å². The summed E-state index contributed by atoms with van der Waals surface area (Å²) in [6.45, 7) is 2.85. The van der Waals surface area contributed by atoms with Crippen LogP contribution in [0, 0.1) is 0 Å². The Kier molecular flexibility index (Phi) is 4.73.